The molecule has 0 unspecified atom stereocenters. The molecule has 144 valence electrons. The highest BCUT2D eigenvalue weighted by Gasteiger charge is 2.14. The average molecular weight is 420 g/mol. The first-order chi connectivity index (χ1) is 13.5. The fourth-order valence-corrected chi connectivity index (χ4v) is 3.09. The van der Waals surface area contributed by atoms with Crippen LogP contribution in [0.1, 0.15) is 0 Å². The van der Waals surface area contributed by atoms with Gasteiger partial charge in [-0.25, -0.2) is 4.98 Å². The van der Waals surface area contributed by atoms with Crippen molar-refractivity contribution in [1.29, 1.82) is 0 Å². The molecule has 0 bridgehead atoms. The van der Waals surface area contributed by atoms with Crippen LogP contribution in [-0.2, 0) is 4.79 Å². The number of rotatable bonds is 7. The molecule has 0 fully saturated rings. The third-order valence-electron chi connectivity index (χ3n) is 3.55. The van der Waals surface area contributed by atoms with Gasteiger partial charge in [-0.15, -0.1) is 5.10 Å². The molecule has 9 nitrogen and oxygen atoms in total. The number of hydrogen-bond acceptors (Lipinski definition) is 7. The van der Waals surface area contributed by atoms with Gasteiger partial charge in [0.1, 0.15) is 5.75 Å². The molecule has 1 heterocycles. The lowest BCUT2D eigenvalue weighted by atomic mass is 10.2. The minimum Gasteiger partial charge on any atom is -0.496 e. The predicted octanol–water partition coefficient (Wildman–Crippen LogP) is 3.77. The van der Waals surface area contributed by atoms with Crippen molar-refractivity contribution in [2.75, 3.05) is 18.2 Å². The summed E-state index contributed by atoms with van der Waals surface area (Å²) in [6, 6.07) is 10.8. The summed E-state index contributed by atoms with van der Waals surface area (Å²) in [5.41, 5.74) is 0.897. The van der Waals surface area contributed by atoms with Gasteiger partial charge in [0, 0.05) is 22.8 Å². The summed E-state index contributed by atoms with van der Waals surface area (Å²) in [4.78, 5) is 26.7. The number of H-pyrrole nitrogens is 1. The van der Waals surface area contributed by atoms with Crippen LogP contribution in [0, 0.1) is 10.1 Å². The molecule has 0 aliphatic carbocycles. The van der Waals surface area contributed by atoms with Crippen molar-refractivity contribution in [3.05, 3.63) is 57.6 Å². The molecule has 11 heteroatoms. The van der Waals surface area contributed by atoms with Gasteiger partial charge >= 0.3 is 0 Å². The van der Waals surface area contributed by atoms with E-state index in [-0.39, 0.29) is 17.3 Å². The number of amides is 1. The maximum Gasteiger partial charge on any atom is 0.271 e. The number of thioether (sulfide) groups is 1. The van der Waals surface area contributed by atoms with Crippen molar-refractivity contribution in [3.8, 4) is 17.1 Å². The topological polar surface area (TPSA) is 123 Å². The number of benzene rings is 2. The number of aromatic amines is 1. The highest BCUT2D eigenvalue weighted by atomic mass is 35.5. The van der Waals surface area contributed by atoms with Crippen molar-refractivity contribution in [2.45, 2.75) is 5.16 Å². The first-order valence-electron chi connectivity index (χ1n) is 7.89. The highest BCUT2D eigenvalue weighted by molar-refractivity contribution is 7.99. The van der Waals surface area contributed by atoms with Crippen LogP contribution in [0.4, 0.5) is 11.4 Å². The zero-order chi connectivity index (χ0) is 20.1. The summed E-state index contributed by atoms with van der Waals surface area (Å²) in [5, 5.41) is 21.1. The maximum atomic E-state index is 12.1. The second-order valence-corrected chi connectivity index (χ2v) is 6.83. The summed E-state index contributed by atoms with van der Waals surface area (Å²) in [7, 11) is 1.54. The van der Waals surface area contributed by atoms with Crippen LogP contribution in [0.25, 0.3) is 11.4 Å². The van der Waals surface area contributed by atoms with Crippen molar-refractivity contribution in [1.82, 2.24) is 15.2 Å². The number of hydrogen-bond donors (Lipinski definition) is 2. The van der Waals surface area contributed by atoms with Gasteiger partial charge in [-0.1, -0.05) is 29.4 Å². The zero-order valence-corrected chi connectivity index (χ0v) is 16.1. The number of nitro benzene ring substituents is 1. The van der Waals surface area contributed by atoms with E-state index in [4.69, 9.17) is 16.3 Å². The molecule has 3 aromatic rings. The van der Waals surface area contributed by atoms with Gasteiger partial charge in [0.2, 0.25) is 11.1 Å². The molecular formula is C17H14ClN5O4S. The second-order valence-electron chi connectivity index (χ2n) is 5.46. The van der Waals surface area contributed by atoms with E-state index < -0.39 is 4.92 Å². The van der Waals surface area contributed by atoms with Gasteiger partial charge in [0.05, 0.1) is 23.3 Å². The van der Waals surface area contributed by atoms with E-state index in [2.05, 4.69) is 20.5 Å². The molecule has 1 aromatic heterocycles. The lowest BCUT2D eigenvalue weighted by Gasteiger charge is -2.05. The molecule has 0 aliphatic rings. The van der Waals surface area contributed by atoms with E-state index in [1.54, 1.807) is 24.3 Å². The smallest absolute Gasteiger partial charge is 0.271 e. The van der Waals surface area contributed by atoms with Crippen molar-refractivity contribution < 1.29 is 14.5 Å². The van der Waals surface area contributed by atoms with E-state index in [0.29, 0.717) is 33.0 Å². The van der Waals surface area contributed by atoms with E-state index in [0.717, 1.165) is 11.8 Å². The van der Waals surface area contributed by atoms with Crippen LogP contribution in [0.3, 0.4) is 0 Å². The summed E-state index contributed by atoms with van der Waals surface area (Å²) in [6.45, 7) is 0. The zero-order valence-electron chi connectivity index (χ0n) is 14.5. The average Bonchev–Trinajstić information content (AvgIpc) is 3.15. The van der Waals surface area contributed by atoms with Crippen LogP contribution >= 0.6 is 23.4 Å². The SMILES string of the molecule is COc1ccc(Cl)cc1-c1nc(SCC(=O)Nc2cccc([N+](=O)[O-])c2)n[nH]1. The maximum absolute atomic E-state index is 12.1. The third kappa shape index (κ3) is 4.78. The number of methoxy groups -OCH3 is 1. The predicted molar refractivity (Wildman–Crippen MR) is 106 cm³/mol. The number of aromatic nitrogens is 3. The van der Waals surface area contributed by atoms with Gasteiger partial charge in [-0.05, 0) is 24.3 Å². The molecule has 28 heavy (non-hydrogen) atoms. The first-order valence-corrected chi connectivity index (χ1v) is 9.26. The molecule has 0 saturated heterocycles. The Kier molecular flexibility index (Phi) is 6.12. The largest absolute Gasteiger partial charge is 0.496 e. The lowest BCUT2D eigenvalue weighted by molar-refractivity contribution is -0.384. The Morgan fingerprint density at radius 1 is 1.36 bits per heavy atom. The number of carbonyl (C=O) groups is 1. The number of anilines is 1. The molecular weight excluding hydrogens is 406 g/mol. The fraction of sp³-hybridized carbons (Fsp3) is 0.118. The van der Waals surface area contributed by atoms with E-state index in [9.17, 15) is 14.9 Å². The molecule has 0 spiro atoms. The van der Waals surface area contributed by atoms with Crippen LogP contribution < -0.4 is 10.1 Å². The van der Waals surface area contributed by atoms with Crippen LogP contribution in [0.15, 0.2) is 47.6 Å². The Hall–Kier alpha value is -3.11. The molecule has 0 atom stereocenters. The Balaban J connectivity index is 1.63. The van der Waals surface area contributed by atoms with Gasteiger partial charge in [-0.3, -0.25) is 20.0 Å². The van der Waals surface area contributed by atoms with Crippen molar-refractivity contribution in [3.63, 3.8) is 0 Å². The fourth-order valence-electron chi connectivity index (χ4n) is 2.32. The monoisotopic (exact) mass is 419 g/mol. The Bertz CT molecular complexity index is 1030. The number of carbonyl (C=O) groups excluding carboxylic acids is 1. The molecule has 1 amide bonds. The van der Waals surface area contributed by atoms with Gasteiger partial charge in [-0.2, -0.15) is 0 Å². The number of nitrogens with one attached hydrogen (secondary N) is 2. The first kappa shape index (κ1) is 19.6. The van der Waals surface area contributed by atoms with Crippen LogP contribution in [0.2, 0.25) is 5.02 Å². The quantitative estimate of drug-likeness (QED) is 0.339. The molecule has 2 N–H and O–H groups in total. The van der Waals surface area contributed by atoms with Crippen molar-refractivity contribution >= 4 is 40.6 Å². The Morgan fingerprint density at radius 2 is 2.18 bits per heavy atom. The van der Waals surface area contributed by atoms with Crippen LogP contribution in [-0.4, -0.2) is 38.9 Å². The minimum atomic E-state index is -0.524. The molecule has 0 aliphatic heterocycles. The van der Waals surface area contributed by atoms with Gasteiger partial charge in [0.15, 0.2) is 5.82 Å². The second kappa shape index (κ2) is 8.72. The van der Waals surface area contributed by atoms with Crippen molar-refractivity contribution in [2.24, 2.45) is 0 Å². The summed E-state index contributed by atoms with van der Waals surface area (Å²) in [6.07, 6.45) is 0. The summed E-state index contributed by atoms with van der Waals surface area (Å²) < 4.78 is 5.29. The van der Waals surface area contributed by atoms with Gasteiger partial charge in [0.25, 0.3) is 5.69 Å². The molecule has 0 radical (unpaired) electrons. The lowest BCUT2D eigenvalue weighted by Crippen LogP contribution is -2.14. The minimum absolute atomic E-state index is 0.0344. The molecule has 3 rings (SSSR count). The number of ether oxygens (including phenoxy) is 1. The standard InChI is InChI=1S/C17H14ClN5O4S/c1-27-14-6-5-10(18)7-13(14)16-20-17(22-21-16)28-9-15(24)19-11-3-2-4-12(8-11)23(25)26/h2-8H,9H2,1H3,(H,19,24)(H,20,21,22). The summed E-state index contributed by atoms with van der Waals surface area (Å²) in [5.74, 6) is 0.741. The van der Waals surface area contributed by atoms with E-state index >= 15 is 0 Å². The molecule has 0 saturated carbocycles. The normalized spacial score (nSPS) is 10.5. The number of nitrogens with zero attached hydrogens (tertiary/aromatic N) is 3. The van der Waals surface area contributed by atoms with E-state index in [1.165, 1.54) is 25.3 Å². The number of non-ortho nitro benzene ring substituents is 1. The van der Waals surface area contributed by atoms with Gasteiger partial charge < -0.3 is 10.1 Å². The van der Waals surface area contributed by atoms with E-state index in [1.807, 2.05) is 0 Å². The number of halogens is 1. The highest BCUT2D eigenvalue weighted by Crippen LogP contribution is 2.31. The molecule has 2 aromatic carbocycles. The third-order valence-corrected chi connectivity index (χ3v) is 4.64. The number of nitro groups is 1. The Labute approximate surface area is 168 Å². The van der Waals surface area contributed by atoms with Crippen LogP contribution in [0.5, 0.6) is 5.75 Å². The summed E-state index contributed by atoms with van der Waals surface area (Å²) >= 11 is 7.14. The Morgan fingerprint density at radius 3 is 2.93 bits per heavy atom.